The molecule has 0 aromatic carbocycles. The van der Waals surface area contributed by atoms with E-state index in [9.17, 15) is 19.5 Å². The second kappa shape index (κ2) is 6.47. The summed E-state index contributed by atoms with van der Waals surface area (Å²) in [6, 6.07) is -0.702. The topological polar surface area (TPSA) is 77.9 Å². The van der Waals surface area contributed by atoms with Crippen molar-refractivity contribution in [3.8, 4) is 0 Å². The summed E-state index contributed by atoms with van der Waals surface area (Å²) < 4.78 is 0. The Morgan fingerprint density at radius 1 is 1.15 bits per heavy atom. The molecule has 0 spiro atoms. The molecular formula is C13H20N2O4S. The van der Waals surface area contributed by atoms with Crippen molar-refractivity contribution < 1.29 is 19.5 Å². The molecule has 2 aliphatic heterocycles. The van der Waals surface area contributed by atoms with Crippen molar-refractivity contribution in [3.05, 3.63) is 0 Å². The Morgan fingerprint density at radius 3 is 2.35 bits per heavy atom. The van der Waals surface area contributed by atoms with Gasteiger partial charge in [0.15, 0.2) is 0 Å². The van der Waals surface area contributed by atoms with Crippen LogP contribution in [0.3, 0.4) is 0 Å². The number of piperidine rings is 1. The third-order valence-corrected chi connectivity index (χ3v) is 5.01. The minimum Gasteiger partial charge on any atom is -0.480 e. The van der Waals surface area contributed by atoms with Gasteiger partial charge in [-0.15, -0.1) is 0 Å². The number of thioether (sulfide) groups is 1. The van der Waals surface area contributed by atoms with Gasteiger partial charge in [-0.1, -0.05) is 0 Å². The molecule has 2 amide bonds. The van der Waals surface area contributed by atoms with Gasteiger partial charge in [-0.05, 0) is 12.8 Å². The lowest BCUT2D eigenvalue weighted by Gasteiger charge is -2.37. The summed E-state index contributed by atoms with van der Waals surface area (Å²) in [5.41, 5.74) is 0. The average Bonchev–Trinajstić information content (AvgIpc) is 2.46. The number of hydrogen-bond acceptors (Lipinski definition) is 4. The van der Waals surface area contributed by atoms with Crippen LogP contribution in [0.5, 0.6) is 0 Å². The Hall–Kier alpha value is -1.24. The highest BCUT2D eigenvalue weighted by Gasteiger charge is 2.36. The van der Waals surface area contributed by atoms with Gasteiger partial charge < -0.3 is 14.9 Å². The lowest BCUT2D eigenvalue weighted by atomic mass is 9.94. The first-order valence-electron chi connectivity index (χ1n) is 6.87. The average molecular weight is 300 g/mol. The summed E-state index contributed by atoms with van der Waals surface area (Å²) in [6.45, 7) is 3.22. The zero-order chi connectivity index (χ0) is 14.7. The van der Waals surface area contributed by atoms with E-state index in [0.717, 1.165) is 5.75 Å². The van der Waals surface area contributed by atoms with Gasteiger partial charge in [-0.25, -0.2) is 4.79 Å². The molecule has 0 radical (unpaired) electrons. The molecule has 2 rings (SSSR count). The second-order valence-corrected chi connectivity index (χ2v) is 6.39. The zero-order valence-electron chi connectivity index (χ0n) is 11.6. The van der Waals surface area contributed by atoms with Gasteiger partial charge in [0.05, 0.1) is 0 Å². The number of rotatable bonds is 2. The summed E-state index contributed by atoms with van der Waals surface area (Å²) in [5.74, 6) is 0.173. The van der Waals surface area contributed by atoms with Crippen LogP contribution < -0.4 is 0 Å². The minimum atomic E-state index is -0.924. The molecule has 1 atom stereocenters. The number of carboxylic acid groups (broad SMARTS) is 1. The van der Waals surface area contributed by atoms with Gasteiger partial charge in [-0.2, -0.15) is 11.8 Å². The summed E-state index contributed by atoms with van der Waals surface area (Å²) in [7, 11) is 0. The van der Waals surface area contributed by atoms with Gasteiger partial charge >= 0.3 is 5.97 Å². The van der Waals surface area contributed by atoms with E-state index >= 15 is 0 Å². The number of amides is 2. The van der Waals surface area contributed by atoms with E-state index in [4.69, 9.17) is 0 Å². The molecule has 1 N–H and O–H groups in total. The molecule has 0 saturated carbocycles. The van der Waals surface area contributed by atoms with Crippen molar-refractivity contribution in [1.29, 1.82) is 0 Å². The zero-order valence-corrected chi connectivity index (χ0v) is 12.4. The molecule has 6 nitrogen and oxygen atoms in total. The molecule has 0 bridgehead atoms. The first-order valence-corrected chi connectivity index (χ1v) is 8.02. The fourth-order valence-corrected chi connectivity index (χ4v) is 3.79. The molecule has 0 aromatic heterocycles. The highest BCUT2D eigenvalue weighted by Crippen LogP contribution is 2.24. The van der Waals surface area contributed by atoms with E-state index in [1.54, 1.807) is 16.7 Å². The summed E-state index contributed by atoms with van der Waals surface area (Å²) in [6.07, 6.45) is 1.27. The summed E-state index contributed by atoms with van der Waals surface area (Å²) in [4.78, 5) is 38.3. The largest absolute Gasteiger partial charge is 0.480 e. The number of carbonyl (C=O) groups is 3. The van der Waals surface area contributed by atoms with E-state index < -0.39 is 12.0 Å². The van der Waals surface area contributed by atoms with E-state index in [2.05, 4.69) is 0 Å². The van der Waals surface area contributed by atoms with E-state index in [1.807, 2.05) is 0 Å². The third-order valence-electron chi connectivity index (χ3n) is 3.99. The van der Waals surface area contributed by atoms with Crippen LogP contribution in [-0.2, 0) is 14.4 Å². The maximum Gasteiger partial charge on any atom is 0.327 e. The molecule has 2 saturated heterocycles. The number of carboxylic acids is 1. The first kappa shape index (κ1) is 15.2. The van der Waals surface area contributed by atoms with Crippen molar-refractivity contribution in [3.63, 3.8) is 0 Å². The van der Waals surface area contributed by atoms with Crippen molar-refractivity contribution in [2.45, 2.75) is 25.8 Å². The first-order chi connectivity index (χ1) is 9.50. The Kier molecular flexibility index (Phi) is 4.91. The van der Waals surface area contributed by atoms with Crippen LogP contribution in [0.25, 0.3) is 0 Å². The van der Waals surface area contributed by atoms with Gasteiger partial charge in [0.1, 0.15) is 6.04 Å². The second-order valence-electron chi connectivity index (χ2n) is 5.24. The van der Waals surface area contributed by atoms with Crippen LogP contribution in [0.2, 0.25) is 0 Å². The van der Waals surface area contributed by atoms with Crippen molar-refractivity contribution >= 4 is 29.5 Å². The lowest BCUT2D eigenvalue weighted by molar-refractivity contribution is -0.152. The summed E-state index contributed by atoms with van der Waals surface area (Å²) in [5, 5.41) is 9.21. The predicted octanol–water partition coefficient (Wildman–Crippen LogP) is 0.274. The molecule has 0 aliphatic carbocycles. The molecule has 1 unspecified atom stereocenters. The number of hydrogen-bond donors (Lipinski definition) is 1. The molecule has 7 heteroatoms. The molecule has 112 valence electrons. The Labute approximate surface area is 122 Å². The number of likely N-dealkylation sites (tertiary alicyclic amines) is 1. The van der Waals surface area contributed by atoms with Gasteiger partial charge in [0.2, 0.25) is 11.8 Å². The van der Waals surface area contributed by atoms with Crippen LogP contribution in [0.15, 0.2) is 0 Å². The Bertz CT molecular complexity index is 407. The number of aliphatic carboxylic acids is 1. The van der Waals surface area contributed by atoms with E-state index in [-0.39, 0.29) is 17.7 Å². The minimum absolute atomic E-state index is 0.0358. The lowest BCUT2D eigenvalue weighted by Crippen LogP contribution is -2.53. The molecule has 2 heterocycles. The SMILES string of the molecule is CC(=O)N1CCC(C(=O)N2CCSCC2C(=O)O)CC1. The highest BCUT2D eigenvalue weighted by molar-refractivity contribution is 7.99. The Balaban J connectivity index is 1.97. The quantitative estimate of drug-likeness (QED) is 0.792. The van der Waals surface area contributed by atoms with Gasteiger partial charge in [0.25, 0.3) is 0 Å². The molecular weight excluding hydrogens is 280 g/mol. The van der Waals surface area contributed by atoms with Crippen molar-refractivity contribution in [1.82, 2.24) is 9.80 Å². The van der Waals surface area contributed by atoms with Crippen molar-refractivity contribution in [2.75, 3.05) is 31.1 Å². The fraction of sp³-hybridized carbons (Fsp3) is 0.769. The third kappa shape index (κ3) is 3.26. The standard InChI is InChI=1S/C13H20N2O4S/c1-9(16)14-4-2-10(3-5-14)12(17)15-6-7-20-8-11(15)13(18)19/h10-11H,2-8H2,1H3,(H,18,19). The Morgan fingerprint density at radius 2 is 1.80 bits per heavy atom. The maximum atomic E-state index is 12.5. The van der Waals surface area contributed by atoms with Gasteiger partial charge in [-0.3, -0.25) is 9.59 Å². The highest BCUT2D eigenvalue weighted by atomic mass is 32.2. The van der Waals surface area contributed by atoms with Crippen molar-refractivity contribution in [2.24, 2.45) is 5.92 Å². The fourth-order valence-electron chi connectivity index (χ4n) is 2.75. The smallest absolute Gasteiger partial charge is 0.327 e. The van der Waals surface area contributed by atoms with Gasteiger partial charge in [0, 0.05) is 44.0 Å². The van der Waals surface area contributed by atoms with E-state index in [1.165, 1.54) is 11.8 Å². The van der Waals surface area contributed by atoms with Crippen LogP contribution in [0, 0.1) is 5.92 Å². The van der Waals surface area contributed by atoms with Crippen LogP contribution in [0.4, 0.5) is 0 Å². The van der Waals surface area contributed by atoms with Crippen LogP contribution >= 0.6 is 11.8 Å². The number of carbonyl (C=O) groups excluding carboxylic acids is 2. The normalized spacial score (nSPS) is 24.6. The molecule has 20 heavy (non-hydrogen) atoms. The summed E-state index contributed by atoms with van der Waals surface area (Å²) >= 11 is 1.58. The van der Waals surface area contributed by atoms with E-state index in [0.29, 0.717) is 38.2 Å². The monoisotopic (exact) mass is 300 g/mol. The van der Waals surface area contributed by atoms with Crippen LogP contribution in [-0.4, -0.2) is 69.9 Å². The molecule has 0 aromatic rings. The predicted molar refractivity (Wildman–Crippen MR) is 75.4 cm³/mol. The maximum absolute atomic E-state index is 12.5. The molecule has 2 fully saturated rings. The van der Waals surface area contributed by atoms with Crippen LogP contribution in [0.1, 0.15) is 19.8 Å². The number of nitrogens with zero attached hydrogens (tertiary/aromatic N) is 2. The molecule has 2 aliphatic rings.